The van der Waals surface area contributed by atoms with Crippen molar-refractivity contribution < 1.29 is 4.74 Å². The minimum absolute atomic E-state index is 0.804. The zero-order chi connectivity index (χ0) is 19.5. The Kier molecular flexibility index (Phi) is 4.98. The van der Waals surface area contributed by atoms with Gasteiger partial charge in [0.05, 0.1) is 18.3 Å². The fourth-order valence-electron chi connectivity index (χ4n) is 3.59. The van der Waals surface area contributed by atoms with E-state index in [4.69, 9.17) is 4.74 Å². The molecule has 2 aromatic heterocycles. The number of aromatic nitrogens is 2. The van der Waals surface area contributed by atoms with Gasteiger partial charge in [-0.15, -0.1) is 0 Å². The van der Waals surface area contributed by atoms with Crippen molar-refractivity contribution >= 4 is 23.1 Å². The van der Waals surface area contributed by atoms with E-state index < -0.39 is 0 Å². The Morgan fingerprint density at radius 1 is 0.929 bits per heavy atom. The summed E-state index contributed by atoms with van der Waals surface area (Å²) in [6, 6.07) is 20.7. The van der Waals surface area contributed by atoms with Crippen molar-refractivity contribution in [3.05, 3.63) is 94.9 Å². The van der Waals surface area contributed by atoms with E-state index in [0.717, 1.165) is 18.0 Å². The molecule has 0 aliphatic carbocycles. The molecule has 3 heteroatoms. The van der Waals surface area contributed by atoms with Crippen molar-refractivity contribution in [2.75, 3.05) is 7.11 Å². The third-order valence-corrected chi connectivity index (χ3v) is 5.31. The first-order chi connectivity index (χ1) is 13.7. The van der Waals surface area contributed by atoms with Gasteiger partial charge in [-0.25, -0.2) is 0 Å². The zero-order valence-corrected chi connectivity index (χ0v) is 16.5. The number of benzene rings is 2. The van der Waals surface area contributed by atoms with Crippen LogP contribution in [0.3, 0.4) is 0 Å². The number of pyridine rings is 1. The summed E-state index contributed by atoms with van der Waals surface area (Å²) in [5.41, 5.74) is 7.16. The average Bonchev–Trinajstić information content (AvgIpc) is 2.99. The van der Waals surface area contributed by atoms with Gasteiger partial charge in [-0.05, 0) is 54.8 Å². The molecular formula is C25H24N2O. The van der Waals surface area contributed by atoms with Gasteiger partial charge in [0.1, 0.15) is 5.75 Å². The van der Waals surface area contributed by atoms with Gasteiger partial charge >= 0.3 is 0 Å². The number of aryl methyl sites for hydroxylation is 1. The van der Waals surface area contributed by atoms with Crippen LogP contribution in [0.15, 0.2) is 66.9 Å². The zero-order valence-electron chi connectivity index (χ0n) is 16.5. The molecular weight excluding hydrogens is 344 g/mol. The smallest absolute Gasteiger partial charge is 0.118 e. The molecule has 0 atom stereocenters. The molecule has 4 aromatic rings. The summed E-state index contributed by atoms with van der Waals surface area (Å²) in [4.78, 5) is 4.68. The second-order valence-corrected chi connectivity index (χ2v) is 6.98. The van der Waals surface area contributed by atoms with Gasteiger partial charge in [0.25, 0.3) is 0 Å². The van der Waals surface area contributed by atoms with Crippen LogP contribution in [0.5, 0.6) is 5.75 Å². The topological polar surface area (TPSA) is 27.1 Å². The standard InChI is InChI=1S/C25H24N2O/c1-18-19(2)27(17-21-9-12-22(28-3)13-10-21)25-23(18)15-16-26-24(25)14-11-20-7-5-4-6-8-20/h4-16H,17H2,1-3H3/b14-11+. The van der Waals surface area contributed by atoms with Crippen LogP contribution < -0.4 is 4.74 Å². The Morgan fingerprint density at radius 2 is 1.68 bits per heavy atom. The maximum atomic E-state index is 5.28. The highest BCUT2D eigenvalue weighted by molar-refractivity contribution is 5.92. The minimum Gasteiger partial charge on any atom is -0.497 e. The summed E-state index contributed by atoms with van der Waals surface area (Å²) < 4.78 is 7.65. The summed E-state index contributed by atoms with van der Waals surface area (Å²) in [7, 11) is 1.69. The van der Waals surface area contributed by atoms with Crippen molar-refractivity contribution in [3.63, 3.8) is 0 Å². The van der Waals surface area contributed by atoms with E-state index in [-0.39, 0.29) is 0 Å². The summed E-state index contributed by atoms with van der Waals surface area (Å²) in [6.07, 6.45) is 6.13. The number of hydrogen-bond acceptors (Lipinski definition) is 2. The molecule has 28 heavy (non-hydrogen) atoms. The number of ether oxygens (including phenoxy) is 1. The SMILES string of the molecule is COc1ccc(Cn2c(C)c(C)c3ccnc(/C=C/c4ccccc4)c32)cc1. The van der Waals surface area contributed by atoms with Crippen LogP contribution >= 0.6 is 0 Å². The van der Waals surface area contributed by atoms with Crippen molar-refractivity contribution in [2.24, 2.45) is 0 Å². The van der Waals surface area contributed by atoms with Crippen LogP contribution in [0, 0.1) is 13.8 Å². The van der Waals surface area contributed by atoms with Crippen LogP contribution in [-0.4, -0.2) is 16.7 Å². The lowest BCUT2D eigenvalue weighted by molar-refractivity contribution is 0.414. The highest BCUT2D eigenvalue weighted by Crippen LogP contribution is 2.29. The van der Waals surface area contributed by atoms with Gasteiger partial charge in [-0.2, -0.15) is 0 Å². The van der Waals surface area contributed by atoms with E-state index in [9.17, 15) is 0 Å². The number of rotatable bonds is 5. The van der Waals surface area contributed by atoms with E-state index in [0.29, 0.717) is 0 Å². The molecule has 0 N–H and O–H groups in total. The van der Waals surface area contributed by atoms with Crippen molar-refractivity contribution in [1.29, 1.82) is 0 Å². The predicted molar refractivity (Wildman–Crippen MR) is 117 cm³/mol. The molecule has 0 bridgehead atoms. The maximum Gasteiger partial charge on any atom is 0.118 e. The second-order valence-electron chi connectivity index (χ2n) is 6.98. The molecule has 0 aliphatic rings. The molecule has 3 nitrogen and oxygen atoms in total. The molecule has 0 unspecified atom stereocenters. The van der Waals surface area contributed by atoms with Crippen LogP contribution in [0.4, 0.5) is 0 Å². The first kappa shape index (κ1) is 18.1. The molecule has 0 aliphatic heterocycles. The van der Waals surface area contributed by atoms with Crippen LogP contribution in [-0.2, 0) is 6.54 Å². The molecule has 0 radical (unpaired) electrons. The molecule has 0 spiro atoms. The summed E-state index contributed by atoms with van der Waals surface area (Å²) >= 11 is 0. The summed E-state index contributed by atoms with van der Waals surface area (Å²) in [6.45, 7) is 5.18. The lowest BCUT2D eigenvalue weighted by Gasteiger charge is -2.11. The predicted octanol–water partition coefficient (Wildman–Crippen LogP) is 5.88. The highest BCUT2D eigenvalue weighted by Gasteiger charge is 2.14. The normalized spacial score (nSPS) is 11.4. The second kappa shape index (κ2) is 7.73. The highest BCUT2D eigenvalue weighted by atomic mass is 16.5. The van der Waals surface area contributed by atoms with Gasteiger partial charge in [0, 0.05) is 23.8 Å². The molecule has 0 saturated heterocycles. The van der Waals surface area contributed by atoms with Crippen LogP contribution in [0.1, 0.15) is 28.1 Å². The van der Waals surface area contributed by atoms with E-state index >= 15 is 0 Å². The largest absolute Gasteiger partial charge is 0.497 e. The number of nitrogens with zero attached hydrogens (tertiary/aromatic N) is 2. The molecule has 0 saturated carbocycles. The quantitative estimate of drug-likeness (QED) is 0.440. The summed E-state index contributed by atoms with van der Waals surface area (Å²) in [5.74, 6) is 0.877. The maximum absolute atomic E-state index is 5.28. The Morgan fingerprint density at radius 3 is 2.39 bits per heavy atom. The van der Waals surface area contributed by atoms with Gasteiger partial charge in [-0.1, -0.05) is 48.5 Å². The Bertz CT molecular complexity index is 1120. The first-order valence-electron chi connectivity index (χ1n) is 9.48. The van der Waals surface area contributed by atoms with Crippen molar-refractivity contribution in [1.82, 2.24) is 9.55 Å². The lowest BCUT2D eigenvalue weighted by atomic mass is 10.1. The fourth-order valence-corrected chi connectivity index (χ4v) is 3.59. The van der Waals surface area contributed by atoms with Crippen molar-refractivity contribution in [2.45, 2.75) is 20.4 Å². The molecule has 0 fully saturated rings. The fraction of sp³-hybridized carbons (Fsp3) is 0.160. The monoisotopic (exact) mass is 368 g/mol. The lowest BCUT2D eigenvalue weighted by Crippen LogP contribution is -2.03. The third-order valence-electron chi connectivity index (χ3n) is 5.31. The van der Waals surface area contributed by atoms with Gasteiger partial charge in [0.2, 0.25) is 0 Å². The van der Waals surface area contributed by atoms with E-state index in [2.05, 4.69) is 65.9 Å². The molecule has 2 heterocycles. The van der Waals surface area contributed by atoms with E-state index in [1.165, 1.54) is 33.3 Å². The number of hydrogen-bond donors (Lipinski definition) is 0. The number of methoxy groups -OCH3 is 1. The Hall–Kier alpha value is -3.33. The van der Waals surface area contributed by atoms with E-state index in [1.54, 1.807) is 7.11 Å². The van der Waals surface area contributed by atoms with Crippen LogP contribution in [0.2, 0.25) is 0 Å². The Labute approximate surface area is 165 Å². The van der Waals surface area contributed by atoms with Gasteiger partial charge in [0.15, 0.2) is 0 Å². The molecule has 140 valence electrons. The average molecular weight is 368 g/mol. The van der Waals surface area contributed by atoms with Crippen molar-refractivity contribution in [3.8, 4) is 5.75 Å². The molecule has 4 rings (SSSR count). The van der Waals surface area contributed by atoms with Gasteiger partial charge < -0.3 is 9.30 Å². The Balaban J connectivity index is 1.79. The first-order valence-corrected chi connectivity index (χ1v) is 9.48. The minimum atomic E-state index is 0.804. The third kappa shape index (κ3) is 3.44. The molecule has 0 amide bonds. The number of fused-ring (bicyclic) bond motifs is 1. The van der Waals surface area contributed by atoms with Gasteiger partial charge in [-0.3, -0.25) is 4.98 Å². The molecule has 2 aromatic carbocycles. The van der Waals surface area contributed by atoms with Crippen LogP contribution in [0.25, 0.3) is 23.1 Å². The van der Waals surface area contributed by atoms with E-state index in [1.807, 2.05) is 36.5 Å². The summed E-state index contributed by atoms with van der Waals surface area (Å²) in [5, 5.41) is 1.26.